The average Bonchev–Trinajstić information content (AvgIpc) is 2.88. The third kappa shape index (κ3) is 1.08. The van der Waals surface area contributed by atoms with Gasteiger partial charge in [-0.05, 0) is 12.1 Å². The monoisotopic (exact) mass is 191 g/mol. The van der Waals surface area contributed by atoms with Crippen molar-refractivity contribution in [2.75, 3.05) is 6.61 Å². The van der Waals surface area contributed by atoms with Gasteiger partial charge in [0.2, 0.25) is 0 Å². The Kier molecular flexibility index (Phi) is 1.67. The van der Waals surface area contributed by atoms with Crippen LogP contribution in [-0.2, 0) is 11.2 Å². The summed E-state index contributed by atoms with van der Waals surface area (Å²) in [7, 11) is 0. The van der Waals surface area contributed by atoms with Crippen molar-refractivity contribution in [3.63, 3.8) is 0 Å². The summed E-state index contributed by atoms with van der Waals surface area (Å²) >= 11 is 0. The van der Waals surface area contributed by atoms with Crippen LogP contribution >= 0.6 is 0 Å². The van der Waals surface area contributed by atoms with Crippen LogP contribution in [0.2, 0.25) is 0 Å². The molecule has 14 heavy (non-hydrogen) atoms. The largest absolute Gasteiger partial charge is 0.466 e. The molecule has 0 bridgehead atoms. The molecule has 1 unspecified atom stereocenters. The zero-order valence-electron chi connectivity index (χ0n) is 7.47. The molecule has 0 aromatic carbocycles. The van der Waals surface area contributed by atoms with Gasteiger partial charge in [-0.15, -0.1) is 0 Å². The Morgan fingerprint density at radius 1 is 1.43 bits per heavy atom. The first-order valence-corrected chi connectivity index (χ1v) is 4.53. The van der Waals surface area contributed by atoms with Crippen LogP contribution in [0.25, 0.3) is 0 Å². The van der Waals surface area contributed by atoms with Crippen LogP contribution in [0.4, 0.5) is 0 Å². The van der Waals surface area contributed by atoms with Crippen molar-refractivity contribution in [1.29, 1.82) is 0 Å². The molecule has 0 amide bonds. The number of nitrogens with zero attached hydrogens (tertiary/aromatic N) is 1. The lowest BCUT2D eigenvalue weighted by molar-refractivity contribution is 0.0512. The molecular weight excluding hydrogens is 182 g/mol. The molecule has 0 fully saturated rings. The van der Waals surface area contributed by atoms with Crippen molar-refractivity contribution in [2.24, 2.45) is 0 Å². The minimum absolute atomic E-state index is 0.201. The molecule has 0 aliphatic carbocycles. The molecular formula is C10H9NO3. The summed E-state index contributed by atoms with van der Waals surface area (Å²) in [4.78, 5) is 0. The van der Waals surface area contributed by atoms with Gasteiger partial charge in [0.25, 0.3) is 0 Å². The van der Waals surface area contributed by atoms with E-state index in [4.69, 9.17) is 13.7 Å². The number of rotatable bonds is 1. The highest BCUT2D eigenvalue weighted by Crippen LogP contribution is 2.31. The highest BCUT2D eigenvalue weighted by atomic mass is 16.5. The molecule has 72 valence electrons. The molecule has 4 nitrogen and oxygen atoms in total. The molecule has 1 aliphatic heterocycles. The van der Waals surface area contributed by atoms with E-state index in [1.807, 2.05) is 12.1 Å². The number of furan rings is 1. The predicted octanol–water partition coefficient (Wildman–Crippen LogP) is 1.93. The van der Waals surface area contributed by atoms with Gasteiger partial charge in [0.1, 0.15) is 17.7 Å². The fourth-order valence-electron chi connectivity index (χ4n) is 1.69. The van der Waals surface area contributed by atoms with Crippen molar-refractivity contribution in [1.82, 2.24) is 5.16 Å². The Morgan fingerprint density at radius 3 is 3.29 bits per heavy atom. The van der Waals surface area contributed by atoms with E-state index >= 15 is 0 Å². The second-order valence-corrected chi connectivity index (χ2v) is 3.24. The first kappa shape index (κ1) is 7.82. The van der Waals surface area contributed by atoms with E-state index in [-0.39, 0.29) is 6.10 Å². The third-order valence-corrected chi connectivity index (χ3v) is 2.38. The molecule has 0 saturated carbocycles. The van der Waals surface area contributed by atoms with E-state index in [0.29, 0.717) is 6.61 Å². The summed E-state index contributed by atoms with van der Waals surface area (Å²) in [5.41, 5.74) is 1.95. The first-order chi connectivity index (χ1) is 6.95. The topological polar surface area (TPSA) is 48.4 Å². The smallest absolute Gasteiger partial charge is 0.161 e. The fraction of sp³-hybridized carbons (Fsp3) is 0.300. The molecule has 4 heteroatoms. The number of hydrogen-bond donors (Lipinski definition) is 0. The van der Waals surface area contributed by atoms with Crippen LogP contribution in [-0.4, -0.2) is 11.8 Å². The van der Waals surface area contributed by atoms with Gasteiger partial charge in [0, 0.05) is 12.0 Å². The molecule has 0 saturated heterocycles. The molecule has 1 atom stereocenters. The third-order valence-electron chi connectivity index (χ3n) is 2.38. The van der Waals surface area contributed by atoms with Crippen LogP contribution in [0.3, 0.4) is 0 Å². The van der Waals surface area contributed by atoms with E-state index in [1.54, 1.807) is 12.5 Å². The van der Waals surface area contributed by atoms with Gasteiger partial charge >= 0.3 is 0 Å². The summed E-state index contributed by atoms with van der Waals surface area (Å²) in [6, 6.07) is 3.72. The number of hydrogen-bond acceptors (Lipinski definition) is 4. The molecule has 0 spiro atoms. The molecule has 2 aromatic rings. The van der Waals surface area contributed by atoms with Gasteiger partial charge in [-0.2, -0.15) is 0 Å². The highest BCUT2D eigenvalue weighted by molar-refractivity contribution is 5.26. The van der Waals surface area contributed by atoms with Gasteiger partial charge in [-0.3, -0.25) is 0 Å². The summed E-state index contributed by atoms with van der Waals surface area (Å²) < 4.78 is 15.8. The Hall–Kier alpha value is -1.55. The van der Waals surface area contributed by atoms with Crippen LogP contribution in [0.5, 0.6) is 0 Å². The van der Waals surface area contributed by atoms with Crippen molar-refractivity contribution in [2.45, 2.75) is 12.5 Å². The Labute approximate surface area is 80.5 Å². The number of ether oxygens (including phenoxy) is 1. The molecule has 3 heterocycles. The standard InChI is InChI=1S/C10H9NO3/c1-2-8(12-4-1)10-9-7(3-5-13-10)6-14-11-9/h1-2,4,6,10H,3,5H2. The van der Waals surface area contributed by atoms with E-state index in [2.05, 4.69) is 5.16 Å². The Morgan fingerprint density at radius 2 is 2.43 bits per heavy atom. The van der Waals surface area contributed by atoms with Crippen molar-refractivity contribution >= 4 is 0 Å². The van der Waals surface area contributed by atoms with Crippen molar-refractivity contribution in [3.8, 4) is 0 Å². The molecule has 0 radical (unpaired) electrons. The van der Waals surface area contributed by atoms with Gasteiger partial charge in [0.15, 0.2) is 6.10 Å². The zero-order chi connectivity index (χ0) is 9.38. The lowest BCUT2D eigenvalue weighted by Crippen LogP contribution is -2.16. The molecule has 2 aromatic heterocycles. The average molecular weight is 191 g/mol. The van der Waals surface area contributed by atoms with E-state index in [0.717, 1.165) is 23.4 Å². The quantitative estimate of drug-likeness (QED) is 0.691. The van der Waals surface area contributed by atoms with E-state index in [1.165, 1.54) is 0 Å². The first-order valence-electron chi connectivity index (χ1n) is 4.53. The van der Waals surface area contributed by atoms with Crippen LogP contribution in [0, 0.1) is 0 Å². The minimum atomic E-state index is -0.201. The maximum absolute atomic E-state index is 5.59. The summed E-state index contributed by atoms with van der Waals surface area (Å²) in [6.07, 6.45) is 3.96. The second kappa shape index (κ2) is 2.99. The summed E-state index contributed by atoms with van der Waals surface area (Å²) in [5.74, 6) is 0.778. The van der Waals surface area contributed by atoms with E-state index in [9.17, 15) is 0 Å². The van der Waals surface area contributed by atoms with Crippen LogP contribution in [0.1, 0.15) is 23.1 Å². The Balaban J connectivity index is 2.04. The van der Waals surface area contributed by atoms with Crippen molar-refractivity contribution < 1.29 is 13.7 Å². The maximum atomic E-state index is 5.59. The molecule has 1 aliphatic rings. The lowest BCUT2D eigenvalue weighted by Gasteiger charge is -2.18. The normalized spacial score (nSPS) is 20.7. The van der Waals surface area contributed by atoms with Gasteiger partial charge < -0.3 is 13.7 Å². The molecule has 0 N–H and O–H groups in total. The SMILES string of the molecule is c1coc(C2OCCc3conc32)c1. The minimum Gasteiger partial charge on any atom is -0.466 e. The van der Waals surface area contributed by atoms with Gasteiger partial charge in [-0.1, -0.05) is 5.16 Å². The number of fused-ring (bicyclic) bond motifs is 1. The van der Waals surface area contributed by atoms with Crippen molar-refractivity contribution in [3.05, 3.63) is 41.7 Å². The van der Waals surface area contributed by atoms with Crippen LogP contribution < -0.4 is 0 Å². The predicted molar refractivity (Wildman–Crippen MR) is 46.7 cm³/mol. The number of aromatic nitrogens is 1. The molecule has 3 rings (SSSR count). The maximum Gasteiger partial charge on any atom is 0.161 e. The summed E-state index contributed by atoms with van der Waals surface area (Å²) in [5, 5.41) is 3.93. The lowest BCUT2D eigenvalue weighted by atomic mass is 10.1. The van der Waals surface area contributed by atoms with Crippen LogP contribution in [0.15, 0.2) is 33.6 Å². The van der Waals surface area contributed by atoms with E-state index < -0.39 is 0 Å². The second-order valence-electron chi connectivity index (χ2n) is 3.24. The zero-order valence-corrected chi connectivity index (χ0v) is 7.47. The van der Waals surface area contributed by atoms with Gasteiger partial charge in [-0.25, -0.2) is 0 Å². The Bertz CT molecular complexity index is 418. The highest BCUT2D eigenvalue weighted by Gasteiger charge is 2.27. The summed E-state index contributed by atoms with van der Waals surface area (Å²) in [6.45, 7) is 0.680. The van der Waals surface area contributed by atoms with Gasteiger partial charge in [0.05, 0.1) is 12.9 Å². The fourth-order valence-corrected chi connectivity index (χ4v) is 1.69.